The normalized spacial score (nSPS) is 11.1. The maximum atomic E-state index is 13.2. The van der Waals surface area contributed by atoms with Crippen molar-refractivity contribution in [1.82, 2.24) is 3.96 Å². The first-order valence-electron chi connectivity index (χ1n) is 5.96. The van der Waals surface area contributed by atoms with Gasteiger partial charge in [-0.2, -0.15) is 0 Å². The molecule has 2 aromatic carbocycles. The third kappa shape index (κ3) is 1.88. The van der Waals surface area contributed by atoms with Crippen LogP contribution in [0.2, 0.25) is 0 Å². The van der Waals surface area contributed by atoms with Gasteiger partial charge in [0.1, 0.15) is 5.82 Å². The molecule has 2 nitrogen and oxygen atoms in total. The van der Waals surface area contributed by atoms with E-state index < -0.39 is 0 Å². The highest BCUT2D eigenvalue weighted by Crippen LogP contribution is 2.24. The van der Waals surface area contributed by atoms with Gasteiger partial charge in [0, 0.05) is 0 Å². The molecule has 0 saturated carbocycles. The lowest BCUT2D eigenvalue weighted by molar-refractivity contribution is 0.629. The van der Waals surface area contributed by atoms with Crippen molar-refractivity contribution in [2.75, 3.05) is 0 Å². The van der Waals surface area contributed by atoms with E-state index in [4.69, 9.17) is 0 Å². The van der Waals surface area contributed by atoms with Crippen LogP contribution in [0.4, 0.5) is 4.39 Å². The van der Waals surface area contributed by atoms with Crippen LogP contribution in [0.25, 0.3) is 15.8 Å². The molecule has 3 aromatic rings. The van der Waals surface area contributed by atoms with E-state index in [1.165, 1.54) is 23.7 Å². The summed E-state index contributed by atoms with van der Waals surface area (Å²) in [5.41, 5.74) is 2.81. The van der Waals surface area contributed by atoms with Gasteiger partial charge in [0.15, 0.2) is 0 Å². The van der Waals surface area contributed by atoms with Crippen LogP contribution in [0.3, 0.4) is 0 Å². The number of hydrogen-bond donors (Lipinski definition) is 0. The highest BCUT2D eigenvalue weighted by molar-refractivity contribution is 7.14. The predicted molar refractivity (Wildman–Crippen MR) is 76.9 cm³/mol. The van der Waals surface area contributed by atoms with Crippen molar-refractivity contribution in [2.45, 2.75) is 13.8 Å². The molecule has 0 spiro atoms. The van der Waals surface area contributed by atoms with Gasteiger partial charge in [-0.05, 0) is 43.2 Å². The van der Waals surface area contributed by atoms with Crippen LogP contribution in [0.5, 0.6) is 0 Å². The number of rotatable bonds is 1. The van der Waals surface area contributed by atoms with Crippen molar-refractivity contribution in [2.24, 2.45) is 0 Å². The summed E-state index contributed by atoms with van der Waals surface area (Å²) >= 11 is 1.35. The Bertz CT molecular complexity index is 812. The molecule has 4 heteroatoms. The van der Waals surface area contributed by atoms with Crippen LogP contribution < -0.4 is 5.56 Å². The molecule has 1 heterocycles. The van der Waals surface area contributed by atoms with Crippen LogP contribution in [0.1, 0.15) is 11.1 Å². The Kier molecular flexibility index (Phi) is 2.75. The van der Waals surface area contributed by atoms with E-state index >= 15 is 0 Å². The number of benzene rings is 2. The van der Waals surface area contributed by atoms with E-state index in [9.17, 15) is 9.18 Å². The smallest absolute Gasteiger partial charge is 0.267 e. The van der Waals surface area contributed by atoms with E-state index in [1.807, 2.05) is 32.0 Å². The van der Waals surface area contributed by atoms with Gasteiger partial charge >= 0.3 is 0 Å². The third-order valence-electron chi connectivity index (χ3n) is 3.19. The second-order valence-corrected chi connectivity index (χ2v) is 5.56. The lowest BCUT2D eigenvalue weighted by Crippen LogP contribution is -2.13. The summed E-state index contributed by atoms with van der Waals surface area (Å²) in [6, 6.07) is 10.2. The van der Waals surface area contributed by atoms with Crippen molar-refractivity contribution >= 4 is 21.6 Å². The Hall–Kier alpha value is -1.94. The Balaban J connectivity index is 2.38. The molecule has 96 valence electrons. The summed E-state index contributed by atoms with van der Waals surface area (Å²) in [4.78, 5) is 12.4. The Morgan fingerprint density at radius 2 is 1.79 bits per heavy atom. The maximum Gasteiger partial charge on any atom is 0.273 e. The molecule has 1 aromatic heterocycles. The lowest BCUT2D eigenvalue weighted by atomic mass is 10.1. The fourth-order valence-corrected chi connectivity index (χ4v) is 3.40. The minimum Gasteiger partial charge on any atom is -0.267 e. The van der Waals surface area contributed by atoms with Crippen molar-refractivity contribution in [3.05, 3.63) is 63.7 Å². The summed E-state index contributed by atoms with van der Waals surface area (Å²) in [7, 11) is 0. The average molecular weight is 273 g/mol. The quantitative estimate of drug-likeness (QED) is 0.661. The van der Waals surface area contributed by atoms with Gasteiger partial charge in [-0.15, -0.1) is 0 Å². The molecular formula is C15H12FNOS. The summed E-state index contributed by atoms with van der Waals surface area (Å²) in [5, 5.41) is 0.438. The number of fused-ring (bicyclic) bond motifs is 1. The van der Waals surface area contributed by atoms with Crippen LogP contribution >= 0.6 is 11.5 Å². The zero-order valence-corrected chi connectivity index (χ0v) is 11.4. The summed E-state index contributed by atoms with van der Waals surface area (Å²) in [6.45, 7) is 3.94. The molecule has 0 atom stereocenters. The van der Waals surface area contributed by atoms with E-state index in [-0.39, 0.29) is 11.4 Å². The molecule has 0 unspecified atom stereocenters. The summed E-state index contributed by atoms with van der Waals surface area (Å²) in [6.07, 6.45) is 0. The van der Waals surface area contributed by atoms with Gasteiger partial charge in [0.2, 0.25) is 0 Å². The van der Waals surface area contributed by atoms with E-state index in [2.05, 4.69) is 0 Å². The molecule has 19 heavy (non-hydrogen) atoms. The second kappa shape index (κ2) is 4.31. The number of halogens is 1. The first-order valence-corrected chi connectivity index (χ1v) is 6.73. The zero-order chi connectivity index (χ0) is 13.6. The summed E-state index contributed by atoms with van der Waals surface area (Å²) < 4.78 is 15.7. The molecule has 0 aliphatic rings. The molecule has 0 bridgehead atoms. The average Bonchev–Trinajstić information content (AvgIpc) is 2.67. The summed E-state index contributed by atoms with van der Waals surface area (Å²) in [5.74, 6) is -0.379. The number of nitrogens with zero attached hydrogens (tertiary/aromatic N) is 1. The minimum absolute atomic E-state index is 0.156. The number of aromatic nitrogens is 1. The van der Waals surface area contributed by atoms with Crippen molar-refractivity contribution < 1.29 is 4.39 Å². The SMILES string of the molecule is Cc1cccc(C)c1-n1sc2ccc(F)cc2c1=O. The Morgan fingerprint density at radius 3 is 2.47 bits per heavy atom. The molecule has 0 amide bonds. The predicted octanol–water partition coefficient (Wildman–Crippen LogP) is 3.81. The van der Waals surface area contributed by atoms with Crippen LogP contribution in [-0.4, -0.2) is 3.96 Å². The Labute approximate surface area is 113 Å². The highest BCUT2D eigenvalue weighted by atomic mass is 32.1. The molecule has 0 radical (unpaired) electrons. The largest absolute Gasteiger partial charge is 0.273 e. The standard InChI is InChI=1S/C15H12FNOS/c1-9-4-3-5-10(2)14(9)17-15(18)12-8-11(16)6-7-13(12)19-17/h3-8H,1-2H3. The van der Waals surface area contributed by atoms with Gasteiger partial charge in [0.25, 0.3) is 5.56 Å². The van der Waals surface area contributed by atoms with Gasteiger partial charge < -0.3 is 0 Å². The lowest BCUT2D eigenvalue weighted by Gasteiger charge is -2.08. The monoisotopic (exact) mass is 273 g/mol. The highest BCUT2D eigenvalue weighted by Gasteiger charge is 2.13. The van der Waals surface area contributed by atoms with Crippen LogP contribution in [-0.2, 0) is 0 Å². The van der Waals surface area contributed by atoms with Crippen molar-refractivity contribution in [1.29, 1.82) is 0 Å². The van der Waals surface area contributed by atoms with Gasteiger partial charge in [0.05, 0.1) is 15.8 Å². The molecule has 0 saturated heterocycles. The number of aryl methyl sites for hydroxylation is 2. The van der Waals surface area contributed by atoms with Crippen LogP contribution in [0, 0.1) is 19.7 Å². The minimum atomic E-state index is -0.379. The maximum absolute atomic E-state index is 13.2. The number of hydrogen-bond acceptors (Lipinski definition) is 2. The first-order chi connectivity index (χ1) is 9.08. The number of para-hydroxylation sites is 1. The molecule has 0 aliphatic heterocycles. The van der Waals surface area contributed by atoms with E-state index in [0.29, 0.717) is 5.39 Å². The molecule has 0 fully saturated rings. The van der Waals surface area contributed by atoms with Gasteiger partial charge in [-0.1, -0.05) is 29.7 Å². The third-order valence-corrected chi connectivity index (χ3v) is 4.27. The first kappa shape index (κ1) is 12.1. The zero-order valence-electron chi connectivity index (χ0n) is 10.6. The molecule has 0 N–H and O–H groups in total. The van der Waals surface area contributed by atoms with E-state index in [1.54, 1.807) is 10.0 Å². The molecule has 0 aliphatic carbocycles. The van der Waals surface area contributed by atoms with Gasteiger partial charge in [-0.3, -0.25) is 4.79 Å². The van der Waals surface area contributed by atoms with E-state index in [0.717, 1.165) is 21.5 Å². The fourth-order valence-electron chi connectivity index (χ4n) is 2.27. The topological polar surface area (TPSA) is 22.0 Å². The van der Waals surface area contributed by atoms with Crippen molar-refractivity contribution in [3.63, 3.8) is 0 Å². The molecular weight excluding hydrogens is 261 g/mol. The van der Waals surface area contributed by atoms with Gasteiger partial charge in [-0.25, -0.2) is 8.35 Å². The second-order valence-electron chi connectivity index (χ2n) is 4.57. The fraction of sp³-hybridized carbons (Fsp3) is 0.133. The molecule has 3 rings (SSSR count). The Morgan fingerprint density at radius 1 is 1.11 bits per heavy atom. The van der Waals surface area contributed by atoms with Crippen LogP contribution in [0.15, 0.2) is 41.2 Å². The van der Waals surface area contributed by atoms with Crippen molar-refractivity contribution in [3.8, 4) is 5.69 Å².